The number of rotatable bonds is 7. The molecule has 0 unspecified atom stereocenters. The van der Waals surface area contributed by atoms with E-state index >= 15 is 0 Å². The molecule has 24 heavy (non-hydrogen) atoms. The molecule has 2 aromatic carbocycles. The van der Waals surface area contributed by atoms with Crippen molar-refractivity contribution in [3.05, 3.63) is 77.4 Å². The highest BCUT2D eigenvalue weighted by Crippen LogP contribution is 2.23. The molecule has 0 N–H and O–H groups in total. The first-order valence-electron chi connectivity index (χ1n) is 8.09. The average Bonchev–Trinajstić information content (AvgIpc) is 2.96. The van der Waals surface area contributed by atoms with E-state index in [0.717, 1.165) is 35.9 Å². The average molecular weight is 341 g/mol. The molecular weight excluding hydrogens is 321 g/mol. The van der Waals surface area contributed by atoms with Gasteiger partial charge >= 0.3 is 0 Å². The summed E-state index contributed by atoms with van der Waals surface area (Å²) in [6, 6.07) is 17.0. The number of hydrogen-bond acceptors (Lipinski definition) is 3. The Morgan fingerprint density at radius 3 is 2.54 bits per heavy atom. The van der Waals surface area contributed by atoms with Crippen molar-refractivity contribution in [3.8, 4) is 0 Å². The fourth-order valence-electron chi connectivity index (χ4n) is 2.56. The van der Waals surface area contributed by atoms with Crippen molar-refractivity contribution < 1.29 is 4.39 Å². The molecule has 3 aromatic rings. The smallest absolute Gasteiger partial charge is 0.191 e. The third-order valence-electron chi connectivity index (χ3n) is 3.70. The zero-order valence-corrected chi connectivity index (χ0v) is 14.5. The van der Waals surface area contributed by atoms with Crippen LogP contribution < -0.4 is 0 Å². The molecular formula is C19H20FN3S. The Morgan fingerprint density at radius 1 is 1.00 bits per heavy atom. The first-order valence-corrected chi connectivity index (χ1v) is 9.08. The lowest BCUT2D eigenvalue weighted by molar-refractivity contribution is 0.597. The number of halogens is 1. The van der Waals surface area contributed by atoms with Gasteiger partial charge in [0.15, 0.2) is 5.16 Å². The second-order valence-electron chi connectivity index (χ2n) is 5.63. The number of benzene rings is 2. The molecule has 1 aromatic heterocycles. The summed E-state index contributed by atoms with van der Waals surface area (Å²) in [5.74, 6) is 1.46. The van der Waals surface area contributed by atoms with Gasteiger partial charge in [0.05, 0.1) is 0 Å². The van der Waals surface area contributed by atoms with E-state index in [4.69, 9.17) is 0 Å². The summed E-state index contributed by atoms with van der Waals surface area (Å²) in [4.78, 5) is 0. The van der Waals surface area contributed by atoms with E-state index in [1.807, 2.05) is 24.3 Å². The second-order valence-corrected chi connectivity index (χ2v) is 6.57. The van der Waals surface area contributed by atoms with Gasteiger partial charge < -0.3 is 4.57 Å². The van der Waals surface area contributed by atoms with Gasteiger partial charge in [-0.25, -0.2) is 4.39 Å². The third kappa shape index (κ3) is 4.23. The van der Waals surface area contributed by atoms with Gasteiger partial charge in [0.2, 0.25) is 0 Å². The van der Waals surface area contributed by atoms with Crippen molar-refractivity contribution in [2.75, 3.05) is 0 Å². The largest absolute Gasteiger partial charge is 0.306 e. The van der Waals surface area contributed by atoms with Crippen molar-refractivity contribution >= 4 is 11.8 Å². The van der Waals surface area contributed by atoms with Crippen LogP contribution in [0.15, 0.2) is 59.8 Å². The van der Waals surface area contributed by atoms with Crippen molar-refractivity contribution in [3.63, 3.8) is 0 Å². The molecule has 0 saturated heterocycles. The summed E-state index contributed by atoms with van der Waals surface area (Å²) >= 11 is 1.60. The molecule has 0 spiro atoms. The molecule has 0 amide bonds. The Kier molecular flexibility index (Phi) is 5.64. The van der Waals surface area contributed by atoms with Crippen LogP contribution in [0.5, 0.6) is 0 Å². The van der Waals surface area contributed by atoms with E-state index < -0.39 is 0 Å². The van der Waals surface area contributed by atoms with Crippen LogP contribution in [-0.2, 0) is 18.7 Å². The molecule has 5 heteroatoms. The first kappa shape index (κ1) is 16.7. The van der Waals surface area contributed by atoms with Crippen LogP contribution in [0.2, 0.25) is 0 Å². The Labute approximate surface area is 145 Å². The summed E-state index contributed by atoms with van der Waals surface area (Å²) in [7, 11) is 0. The molecule has 3 nitrogen and oxygen atoms in total. The van der Waals surface area contributed by atoms with Crippen LogP contribution in [0.3, 0.4) is 0 Å². The fourth-order valence-corrected chi connectivity index (χ4v) is 3.48. The molecule has 0 aliphatic heterocycles. The minimum atomic E-state index is -0.201. The number of hydrogen-bond donors (Lipinski definition) is 0. The van der Waals surface area contributed by atoms with E-state index in [2.05, 4.69) is 33.8 Å². The standard InChI is InChI=1S/C19H20FN3S/c1-2-11-23-18(13-15-7-4-3-5-8-15)21-22-19(23)24-14-16-9-6-10-17(20)12-16/h3-10,12H,2,11,13-14H2,1H3. The SMILES string of the molecule is CCCn1c(Cc2ccccc2)nnc1SCc1cccc(F)c1. The van der Waals surface area contributed by atoms with E-state index in [1.54, 1.807) is 23.9 Å². The van der Waals surface area contributed by atoms with Gasteiger partial charge in [-0.1, -0.05) is 61.2 Å². The van der Waals surface area contributed by atoms with E-state index in [9.17, 15) is 4.39 Å². The monoisotopic (exact) mass is 341 g/mol. The van der Waals surface area contributed by atoms with Crippen LogP contribution in [0.4, 0.5) is 4.39 Å². The molecule has 0 fully saturated rings. The third-order valence-corrected chi connectivity index (χ3v) is 4.74. The van der Waals surface area contributed by atoms with Gasteiger partial charge in [-0.15, -0.1) is 10.2 Å². The Balaban J connectivity index is 1.75. The Morgan fingerprint density at radius 2 is 1.79 bits per heavy atom. The second kappa shape index (κ2) is 8.11. The highest BCUT2D eigenvalue weighted by molar-refractivity contribution is 7.98. The Hall–Kier alpha value is -2.14. The van der Waals surface area contributed by atoms with Gasteiger partial charge in [-0.05, 0) is 29.7 Å². The normalized spacial score (nSPS) is 10.9. The lowest BCUT2D eigenvalue weighted by Crippen LogP contribution is -2.05. The highest BCUT2D eigenvalue weighted by Gasteiger charge is 2.12. The molecule has 0 bridgehead atoms. The fraction of sp³-hybridized carbons (Fsp3) is 0.263. The number of nitrogens with zero attached hydrogens (tertiary/aromatic N) is 3. The van der Waals surface area contributed by atoms with Crippen molar-refractivity contribution in [2.45, 2.75) is 37.2 Å². The van der Waals surface area contributed by atoms with Crippen molar-refractivity contribution in [1.82, 2.24) is 14.8 Å². The summed E-state index contributed by atoms with van der Waals surface area (Å²) < 4.78 is 15.5. The molecule has 0 radical (unpaired) electrons. The maximum atomic E-state index is 13.3. The molecule has 0 saturated carbocycles. The van der Waals surface area contributed by atoms with Crippen LogP contribution in [-0.4, -0.2) is 14.8 Å². The minimum absolute atomic E-state index is 0.201. The summed E-state index contributed by atoms with van der Waals surface area (Å²) in [5, 5.41) is 9.62. The van der Waals surface area contributed by atoms with E-state index in [1.165, 1.54) is 11.6 Å². The van der Waals surface area contributed by atoms with Crippen LogP contribution in [0, 0.1) is 5.82 Å². The maximum absolute atomic E-state index is 13.3. The highest BCUT2D eigenvalue weighted by atomic mass is 32.2. The molecule has 124 valence electrons. The van der Waals surface area contributed by atoms with Crippen LogP contribution in [0.25, 0.3) is 0 Å². The molecule has 0 atom stereocenters. The number of aromatic nitrogens is 3. The Bertz CT molecular complexity index is 786. The minimum Gasteiger partial charge on any atom is -0.306 e. The summed E-state index contributed by atoms with van der Waals surface area (Å²) in [6.45, 7) is 3.04. The molecule has 3 rings (SSSR count). The molecule has 0 aliphatic rings. The van der Waals surface area contributed by atoms with Crippen LogP contribution in [0.1, 0.15) is 30.3 Å². The van der Waals surface area contributed by atoms with E-state index in [0.29, 0.717) is 5.75 Å². The van der Waals surface area contributed by atoms with Gasteiger partial charge in [-0.3, -0.25) is 0 Å². The predicted molar refractivity (Wildman–Crippen MR) is 95.5 cm³/mol. The lowest BCUT2D eigenvalue weighted by Gasteiger charge is -2.09. The van der Waals surface area contributed by atoms with E-state index in [-0.39, 0.29) is 5.82 Å². The topological polar surface area (TPSA) is 30.7 Å². The molecule has 1 heterocycles. The zero-order valence-electron chi connectivity index (χ0n) is 13.7. The summed E-state index contributed by atoms with van der Waals surface area (Å²) in [6.07, 6.45) is 1.79. The number of thioether (sulfide) groups is 1. The van der Waals surface area contributed by atoms with Gasteiger partial charge in [-0.2, -0.15) is 0 Å². The lowest BCUT2D eigenvalue weighted by atomic mass is 10.1. The van der Waals surface area contributed by atoms with Crippen molar-refractivity contribution in [2.24, 2.45) is 0 Å². The first-order chi connectivity index (χ1) is 11.8. The van der Waals surface area contributed by atoms with Crippen molar-refractivity contribution in [1.29, 1.82) is 0 Å². The molecule has 0 aliphatic carbocycles. The van der Waals surface area contributed by atoms with Crippen LogP contribution >= 0.6 is 11.8 Å². The van der Waals surface area contributed by atoms with Gasteiger partial charge in [0.1, 0.15) is 11.6 Å². The summed E-state index contributed by atoms with van der Waals surface area (Å²) in [5.41, 5.74) is 2.18. The van der Waals surface area contributed by atoms with Gasteiger partial charge in [0, 0.05) is 18.7 Å². The quantitative estimate of drug-likeness (QED) is 0.583. The predicted octanol–water partition coefficient (Wildman–Crippen LogP) is 4.71. The van der Waals surface area contributed by atoms with Gasteiger partial charge in [0.25, 0.3) is 0 Å². The zero-order chi connectivity index (χ0) is 16.8. The maximum Gasteiger partial charge on any atom is 0.191 e.